The van der Waals surface area contributed by atoms with Crippen molar-refractivity contribution in [3.05, 3.63) is 39.4 Å². The second kappa shape index (κ2) is 13.0. The van der Waals surface area contributed by atoms with E-state index in [0.29, 0.717) is 11.1 Å². The summed E-state index contributed by atoms with van der Waals surface area (Å²) in [6.07, 6.45) is 7.54. The highest BCUT2D eigenvalue weighted by Gasteiger charge is 2.37. The van der Waals surface area contributed by atoms with Crippen molar-refractivity contribution in [2.45, 2.75) is 103 Å². The van der Waals surface area contributed by atoms with E-state index in [1.165, 1.54) is 38.2 Å². The van der Waals surface area contributed by atoms with Crippen molar-refractivity contribution in [2.24, 2.45) is 0 Å². The van der Waals surface area contributed by atoms with E-state index in [1.54, 1.807) is 12.1 Å². The van der Waals surface area contributed by atoms with E-state index in [9.17, 15) is 15.2 Å². The van der Waals surface area contributed by atoms with Gasteiger partial charge in [-0.15, -0.1) is 0 Å². The number of benzene rings is 1. The largest absolute Gasteiger partial charge is 0.414 e. The van der Waals surface area contributed by atoms with E-state index >= 15 is 0 Å². The first kappa shape index (κ1) is 27.4. The van der Waals surface area contributed by atoms with Crippen molar-refractivity contribution >= 4 is 14.0 Å². The molecule has 0 fully saturated rings. The maximum Gasteiger partial charge on any atom is 0.273 e. The van der Waals surface area contributed by atoms with Crippen molar-refractivity contribution in [1.29, 1.82) is 0 Å². The van der Waals surface area contributed by atoms with Crippen molar-refractivity contribution in [1.82, 2.24) is 0 Å². The fourth-order valence-corrected chi connectivity index (χ4v) is 4.02. The normalized spacial score (nSPS) is 12.9. The molecule has 0 aliphatic heterocycles. The molecular weight excluding hydrogens is 406 g/mol. The van der Waals surface area contributed by atoms with Gasteiger partial charge in [-0.2, -0.15) is 0 Å². The fourth-order valence-electron chi connectivity index (χ4n) is 2.98. The second-order valence-corrected chi connectivity index (χ2v) is 14.7. The Hall–Kier alpha value is -1.68. The SMILES string of the molecule is CCCCCCCCC#Cc1ccc(CC(O)CO[Si](C)(C)C(C)(C)C)c([N+](=O)[O-])c1. The van der Waals surface area contributed by atoms with E-state index in [4.69, 9.17) is 4.43 Å². The number of nitrogens with zero attached hydrogens (tertiary/aromatic N) is 1. The molecule has 1 N–H and O–H groups in total. The molecular formula is C25H41NO4Si. The number of hydrogen-bond acceptors (Lipinski definition) is 4. The van der Waals surface area contributed by atoms with Gasteiger partial charge in [0.1, 0.15) is 0 Å². The molecule has 5 nitrogen and oxygen atoms in total. The number of aliphatic hydroxyl groups excluding tert-OH is 1. The standard InChI is InChI=1S/C25H41NO4Si/c1-7-8-9-10-11-12-13-14-15-21-16-17-22(24(18-21)26(28)29)19-23(27)20-30-31(5,6)25(2,3)4/h16-18,23,27H,7-13,19-20H2,1-6H3. The van der Waals surface area contributed by atoms with Gasteiger partial charge in [0.2, 0.25) is 0 Å². The van der Waals surface area contributed by atoms with Crippen molar-refractivity contribution in [3.63, 3.8) is 0 Å². The minimum atomic E-state index is -1.97. The van der Waals surface area contributed by atoms with Crippen LogP contribution in [0.4, 0.5) is 5.69 Å². The van der Waals surface area contributed by atoms with Crippen LogP contribution in [-0.2, 0) is 10.8 Å². The number of rotatable bonds is 12. The maximum absolute atomic E-state index is 11.6. The Morgan fingerprint density at radius 3 is 2.42 bits per heavy atom. The first-order valence-electron chi connectivity index (χ1n) is 11.6. The number of unbranched alkanes of at least 4 members (excludes halogenated alkanes) is 6. The summed E-state index contributed by atoms with van der Waals surface area (Å²) >= 11 is 0. The molecule has 0 aliphatic rings. The van der Waals surface area contributed by atoms with Crippen LogP contribution in [0.3, 0.4) is 0 Å². The Morgan fingerprint density at radius 2 is 1.81 bits per heavy atom. The molecule has 1 unspecified atom stereocenters. The minimum absolute atomic E-state index is 0.0118. The van der Waals surface area contributed by atoms with Gasteiger partial charge in [0, 0.05) is 30.0 Å². The molecule has 0 aromatic heterocycles. The summed E-state index contributed by atoms with van der Waals surface area (Å²) in [7, 11) is -1.97. The van der Waals surface area contributed by atoms with Gasteiger partial charge in [-0.1, -0.05) is 77.7 Å². The van der Waals surface area contributed by atoms with Gasteiger partial charge in [-0.3, -0.25) is 10.1 Å². The fraction of sp³-hybridized carbons (Fsp3) is 0.680. The van der Waals surface area contributed by atoms with Crippen LogP contribution in [0.2, 0.25) is 18.1 Å². The predicted octanol–water partition coefficient (Wildman–Crippen LogP) is 6.62. The summed E-state index contributed by atoms with van der Waals surface area (Å²) in [6.45, 7) is 13.1. The molecule has 0 heterocycles. The molecule has 0 radical (unpaired) electrons. The molecule has 1 aromatic carbocycles. The third-order valence-electron chi connectivity index (χ3n) is 6.07. The van der Waals surface area contributed by atoms with Gasteiger partial charge >= 0.3 is 0 Å². The summed E-state index contributed by atoms with van der Waals surface area (Å²) in [5.74, 6) is 6.18. The van der Waals surface area contributed by atoms with Gasteiger partial charge in [0.05, 0.1) is 17.6 Å². The zero-order valence-corrected chi connectivity index (χ0v) is 21.3. The number of nitro benzene ring substituents is 1. The smallest absolute Gasteiger partial charge is 0.273 e. The second-order valence-electron chi connectivity index (χ2n) is 9.85. The number of hydrogen-bond donors (Lipinski definition) is 1. The van der Waals surface area contributed by atoms with E-state index in [0.717, 1.165) is 12.8 Å². The van der Waals surface area contributed by atoms with Crippen molar-refractivity contribution < 1.29 is 14.5 Å². The zero-order chi connectivity index (χ0) is 23.5. The molecule has 0 bridgehead atoms. The lowest BCUT2D eigenvalue weighted by molar-refractivity contribution is -0.385. The van der Waals surface area contributed by atoms with Crippen LogP contribution in [0.1, 0.15) is 83.8 Å². The lowest BCUT2D eigenvalue weighted by atomic mass is 10.0. The van der Waals surface area contributed by atoms with Gasteiger partial charge in [-0.25, -0.2) is 0 Å². The Bertz CT molecular complexity index is 759. The molecule has 31 heavy (non-hydrogen) atoms. The molecule has 6 heteroatoms. The molecule has 0 spiro atoms. The predicted molar refractivity (Wildman–Crippen MR) is 131 cm³/mol. The van der Waals surface area contributed by atoms with Crippen molar-refractivity contribution in [3.8, 4) is 11.8 Å². The molecule has 1 atom stereocenters. The summed E-state index contributed by atoms with van der Waals surface area (Å²) in [4.78, 5) is 11.2. The van der Waals surface area contributed by atoms with E-state index < -0.39 is 19.3 Å². The first-order chi connectivity index (χ1) is 14.5. The van der Waals surface area contributed by atoms with Crippen LogP contribution in [0.25, 0.3) is 0 Å². The summed E-state index contributed by atoms with van der Waals surface area (Å²) in [5, 5.41) is 22.0. The van der Waals surface area contributed by atoms with E-state index in [1.807, 2.05) is 0 Å². The Kier molecular flexibility index (Phi) is 11.5. The topological polar surface area (TPSA) is 72.6 Å². The molecule has 0 amide bonds. The van der Waals surface area contributed by atoms with Crippen LogP contribution >= 0.6 is 0 Å². The van der Waals surface area contributed by atoms with Gasteiger partial charge in [0.25, 0.3) is 5.69 Å². The average Bonchev–Trinajstić information content (AvgIpc) is 2.68. The van der Waals surface area contributed by atoms with Crippen LogP contribution in [0, 0.1) is 22.0 Å². The molecule has 0 saturated carbocycles. The number of nitro groups is 1. The third kappa shape index (κ3) is 9.99. The highest BCUT2D eigenvalue weighted by molar-refractivity contribution is 6.74. The lowest BCUT2D eigenvalue weighted by Crippen LogP contribution is -2.42. The zero-order valence-electron chi connectivity index (χ0n) is 20.3. The third-order valence-corrected chi connectivity index (χ3v) is 10.6. The average molecular weight is 448 g/mol. The summed E-state index contributed by atoms with van der Waals surface area (Å²) < 4.78 is 6.06. The van der Waals surface area contributed by atoms with Crippen LogP contribution in [0.15, 0.2) is 18.2 Å². The lowest BCUT2D eigenvalue weighted by Gasteiger charge is -2.36. The van der Waals surface area contributed by atoms with E-state index in [2.05, 4.69) is 52.6 Å². The number of aliphatic hydroxyl groups is 1. The van der Waals surface area contributed by atoms with Gasteiger partial charge in [-0.05, 0) is 30.6 Å². The highest BCUT2D eigenvalue weighted by atomic mass is 28.4. The van der Waals surface area contributed by atoms with Gasteiger partial charge < -0.3 is 9.53 Å². The van der Waals surface area contributed by atoms with Crippen LogP contribution in [0.5, 0.6) is 0 Å². The minimum Gasteiger partial charge on any atom is -0.414 e. The van der Waals surface area contributed by atoms with E-state index in [-0.39, 0.29) is 23.8 Å². The Balaban J connectivity index is 2.68. The highest BCUT2D eigenvalue weighted by Crippen LogP contribution is 2.36. The molecule has 174 valence electrons. The Labute approximate surface area is 189 Å². The molecule has 0 aliphatic carbocycles. The first-order valence-corrected chi connectivity index (χ1v) is 14.5. The maximum atomic E-state index is 11.6. The molecule has 0 saturated heterocycles. The van der Waals surface area contributed by atoms with Gasteiger partial charge in [0.15, 0.2) is 8.32 Å². The molecule has 1 aromatic rings. The molecule has 1 rings (SSSR count). The Morgan fingerprint density at radius 1 is 1.16 bits per heavy atom. The van der Waals surface area contributed by atoms with Crippen LogP contribution < -0.4 is 0 Å². The van der Waals surface area contributed by atoms with Crippen molar-refractivity contribution in [2.75, 3.05) is 6.61 Å². The van der Waals surface area contributed by atoms with Crippen LogP contribution in [-0.4, -0.2) is 31.1 Å². The quantitative estimate of drug-likeness (QED) is 0.128. The summed E-state index contributed by atoms with van der Waals surface area (Å²) in [6, 6.07) is 5.03. The summed E-state index contributed by atoms with van der Waals surface area (Å²) in [5.41, 5.74) is 1.17. The monoisotopic (exact) mass is 447 g/mol.